The van der Waals surface area contributed by atoms with Gasteiger partial charge in [0, 0.05) is 29.2 Å². The summed E-state index contributed by atoms with van der Waals surface area (Å²) in [5.74, 6) is 7.78. The fraction of sp³-hybridized carbons (Fsp3) is 0.500. The average molecular weight is 1530 g/mol. The smallest absolute Gasteiger partial charge is 0.231 e. The zero-order valence-corrected chi connectivity index (χ0v) is 69.8. The third-order valence-corrected chi connectivity index (χ3v) is 17.1. The Bertz CT molecular complexity index is 3440. The minimum Gasteiger partial charge on any atom is -0.493 e. The number of halogens is 2. The summed E-state index contributed by atoms with van der Waals surface area (Å²) < 4.78 is 75.7. The maximum Gasteiger partial charge on any atom is 0.231 e. The Kier molecular flexibility index (Phi) is 48.0. The van der Waals surface area contributed by atoms with Gasteiger partial charge in [-0.05, 0) is 261 Å². The summed E-state index contributed by atoms with van der Waals surface area (Å²) in [7, 11) is 3.26. The van der Waals surface area contributed by atoms with Crippen LogP contribution in [0.3, 0.4) is 0 Å². The number of hydrogen-bond acceptors (Lipinski definition) is 14. The van der Waals surface area contributed by atoms with Gasteiger partial charge in [-0.2, -0.15) is 0 Å². The first-order chi connectivity index (χ1) is 51.9. The van der Waals surface area contributed by atoms with Crippen LogP contribution in [0.2, 0.25) is 10.0 Å². The average Bonchev–Trinajstić information content (AvgIpc) is 1.67. The molecule has 108 heavy (non-hydrogen) atoms. The summed E-state index contributed by atoms with van der Waals surface area (Å²) in [5, 5.41) is 1.38. The number of benzene rings is 7. The molecule has 16 heteroatoms. The normalized spacial score (nSPS) is 12.9. The molecule has 0 spiro atoms. The van der Waals surface area contributed by atoms with Crippen LogP contribution in [0, 0.1) is 11.8 Å². The predicted octanol–water partition coefficient (Wildman–Crippen LogP) is 24.6. The van der Waals surface area contributed by atoms with Gasteiger partial charge >= 0.3 is 0 Å². The quantitative estimate of drug-likeness (QED) is 0.0408. The van der Waals surface area contributed by atoms with E-state index in [0.717, 1.165) is 101 Å². The minimum absolute atomic E-state index is 0.234. The zero-order valence-electron chi connectivity index (χ0n) is 68.2. The van der Waals surface area contributed by atoms with Crippen molar-refractivity contribution in [2.75, 3.05) is 47.4 Å². The molecule has 0 amide bonds. The van der Waals surface area contributed by atoms with Crippen LogP contribution in [-0.2, 0) is 70.7 Å². The van der Waals surface area contributed by atoms with E-state index in [-0.39, 0.29) is 36.6 Å². The molecule has 1 aliphatic heterocycles. The second-order valence-corrected chi connectivity index (χ2v) is 29.7. The fourth-order valence-corrected chi connectivity index (χ4v) is 10.9. The molecule has 0 unspecified atom stereocenters. The topological polar surface area (TPSA) is 133 Å². The Morgan fingerprint density at radius 1 is 0.389 bits per heavy atom. The number of fused-ring (bicyclic) bond motifs is 1. The fourth-order valence-electron chi connectivity index (χ4n) is 10.4. The van der Waals surface area contributed by atoms with Crippen molar-refractivity contribution in [1.82, 2.24) is 0 Å². The van der Waals surface area contributed by atoms with Crippen LogP contribution in [0.25, 0.3) is 0 Å². The van der Waals surface area contributed by atoms with Gasteiger partial charge < -0.3 is 66.0 Å². The summed E-state index contributed by atoms with van der Waals surface area (Å²) in [6, 6.07) is 59.8. The monoisotopic (exact) mass is 1530 g/mol. The van der Waals surface area contributed by atoms with E-state index in [1.165, 1.54) is 56.1 Å². The highest BCUT2D eigenvalue weighted by atomic mass is 35.5. The Labute approximate surface area is 660 Å². The first-order valence-electron chi connectivity index (χ1n) is 38.8. The number of furan rings is 1. The number of para-hydroxylation sites is 1. The van der Waals surface area contributed by atoms with Gasteiger partial charge in [-0.3, -0.25) is 0 Å². The van der Waals surface area contributed by atoms with Crippen LogP contribution in [-0.4, -0.2) is 96.3 Å². The second kappa shape index (κ2) is 55.5. The van der Waals surface area contributed by atoms with Crippen molar-refractivity contribution in [3.8, 4) is 34.5 Å². The molecule has 2 saturated carbocycles. The van der Waals surface area contributed by atoms with Gasteiger partial charge in [-0.25, -0.2) is 0 Å². The van der Waals surface area contributed by atoms with Gasteiger partial charge in [0.1, 0.15) is 23.9 Å². The van der Waals surface area contributed by atoms with Crippen molar-refractivity contribution in [2.24, 2.45) is 11.8 Å². The number of hydrogen-bond donors (Lipinski definition) is 0. The predicted molar refractivity (Wildman–Crippen MR) is 442 cm³/mol. The molecule has 3 aliphatic rings. The van der Waals surface area contributed by atoms with E-state index in [0.29, 0.717) is 68.0 Å². The molecule has 596 valence electrons. The molecule has 11 rings (SSSR count). The van der Waals surface area contributed by atoms with Gasteiger partial charge in [-0.15, -0.1) is 0 Å². The van der Waals surface area contributed by atoms with Crippen LogP contribution >= 0.6 is 23.2 Å². The summed E-state index contributed by atoms with van der Waals surface area (Å²) >= 11 is 11.8. The summed E-state index contributed by atoms with van der Waals surface area (Å²) in [6.45, 7) is 38.9. The molecular weight excluding hydrogens is 1400 g/mol. The summed E-state index contributed by atoms with van der Waals surface area (Å²) in [6.07, 6.45) is 14.7. The first kappa shape index (κ1) is 93.5. The van der Waals surface area contributed by atoms with Crippen LogP contribution in [0.1, 0.15) is 201 Å². The SMILES string of the molecule is CC(C)OCC(c1ccccc1)c1ccccc1.CC(C)OCC1CCC1.CC(C)OCC1CCCC1.CC(C)OCCc1ccc(Cl)cc1Cl.CC(C)OCc1ccc(Oc2ccccc2)cc1.CC(C)OCc1ccc2c(c1)OCO2.CC(C)OCc1ccco1.COc1ccc(COC(C)C)cc1OC. The number of rotatable bonds is 31. The lowest BCUT2D eigenvalue weighted by Gasteiger charge is -2.25. The van der Waals surface area contributed by atoms with Crippen molar-refractivity contribution in [1.29, 1.82) is 0 Å². The molecule has 2 fully saturated rings. The van der Waals surface area contributed by atoms with Crippen LogP contribution in [0.4, 0.5) is 0 Å². The Balaban J connectivity index is 0.000000264. The highest BCUT2D eigenvalue weighted by Gasteiger charge is 2.19. The summed E-state index contributed by atoms with van der Waals surface area (Å²) in [5.41, 5.74) is 7.05. The van der Waals surface area contributed by atoms with E-state index in [4.69, 9.17) is 89.2 Å². The van der Waals surface area contributed by atoms with Gasteiger partial charge in [0.15, 0.2) is 23.0 Å². The van der Waals surface area contributed by atoms with Gasteiger partial charge in [-0.1, -0.05) is 152 Å². The molecule has 14 nitrogen and oxygen atoms in total. The van der Waals surface area contributed by atoms with E-state index in [1.807, 2.05) is 184 Å². The highest BCUT2D eigenvalue weighted by Crippen LogP contribution is 2.34. The van der Waals surface area contributed by atoms with Gasteiger partial charge in [0.2, 0.25) is 6.79 Å². The standard InChI is InChI=1S/C17H20O.C16H18O2.C12H18O3.C11H14Cl2O.C11H14O3.C9H18O.C8H12O2.C8H16O/c1-14(2)18-13-17(15-9-5-3-6-10-15)16-11-7-4-8-12-16;1-13(2)17-12-14-8-10-16(11-9-14)18-15-6-4-3-5-7-15;1-9(2)15-8-10-5-6-11(13-3)12(7-10)14-4;1-8(2)14-6-5-9-3-4-10(12)7-11(9)13;1-8(2)12-6-9-3-4-10-11(5-9)14-7-13-10;1-8(2)10-7-9-5-3-4-6-9;1-7(2)10-6-8-4-3-5-9-8;1-7(2)9-6-8-4-3-5-8/h3-12,14,17H,13H2,1-2H3;3-11,13H,12H2,1-2H3;5-7,9H,8H2,1-4H3;3-4,7-8H,5-6H2,1-2H3;3-5,8H,6-7H2,1-2H3;8-9H,3-7H2,1-2H3;3-5,7H,6H2,1-2H3;7-8H,3-6H2,1-2H3. The van der Waals surface area contributed by atoms with Crippen LogP contribution < -0.4 is 23.7 Å². The maximum atomic E-state index is 6.00. The van der Waals surface area contributed by atoms with Crippen molar-refractivity contribution >= 4 is 23.2 Å². The molecule has 0 radical (unpaired) electrons. The molecule has 8 aromatic rings. The lowest BCUT2D eigenvalue weighted by Crippen LogP contribution is -2.19. The zero-order chi connectivity index (χ0) is 78.9. The summed E-state index contributed by atoms with van der Waals surface area (Å²) in [4.78, 5) is 0. The molecule has 0 N–H and O–H groups in total. The molecule has 0 saturated heterocycles. The van der Waals surface area contributed by atoms with E-state index in [9.17, 15) is 0 Å². The van der Waals surface area contributed by atoms with Crippen LogP contribution in [0.5, 0.6) is 34.5 Å². The molecule has 0 bridgehead atoms. The molecule has 7 aromatic carbocycles. The Morgan fingerprint density at radius 2 is 0.843 bits per heavy atom. The van der Waals surface area contributed by atoms with Gasteiger partial charge in [0.25, 0.3) is 0 Å². The Morgan fingerprint density at radius 3 is 1.31 bits per heavy atom. The minimum atomic E-state index is 0.234. The molecule has 2 heterocycles. The van der Waals surface area contributed by atoms with Crippen molar-refractivity contribution < 1.29 is 66.0 Å². The maximum absolute atomic E-state index is 6.00. The van der Waals surface area contributed by atoms with Crippen molar-refractivity contribution in [2.45, 2.75) is 243 Å². The number of ether oxygens (including phenoxy) is 13. The lowest BCUT2D eigenvalue weighted by atomic mass is 9.86. The molecule has 2 aliphatic carbocycles. The van der Waals surface area contributed by atoms with Gasteiger partial charge in [0.05, 0.1) is 102 Å². The third kappa shape index (κ3) is 42.9. The number of methoxy groups -OCH3 is 2. The third-order valence-electron chi connectivity index (χ3n) is 16.5. The van der Waals surface area contributed by atoms with Crippen molar-refractivity contribution in [3.05, 3.63) is 237 Å². The van der Waals surface area contributed by atoms with Crippen LogP contribution in [0.15, 0.2) is 193 Å². The molecule has 0 atom stereocenters. The lowest BCUT2D eigenvalue weighted by molar-refractivity contribution is 0.0298. The second-order valence-electron chi connectivity index (χ2n) is 28.8. The highest BCUT2D eigenvalue weighted by molar-refractivity contribution is 6.35. The molecular formula is C92H130Cl2O14. The van der Waals surface area contributed by atoms with E-state index >= 15 is 0 Å². The van der Waals surface area contributed by atoms with E-state index in [2.05, 4.69) is 102 Å². The Hall–Kier alpha value is -6.92. The van der Waals surface area contributed by atoms with Crippen molar-refractivity contribution in [3.63, 3.8) is 0 Å². The molecule has 1 aromatic heterocycles. The largest absolute Gasteiger partial charge is 0.493 e. The van der Waals surface area contributed by atoms with E-state index < -0.39 is 0 Å². The van der Waals surface area contributed by atoms with E-state index in [1.54, 1.807) is 26.5 Å². The first-order valence-corrected chi connectivity index (χ1v) is 39.6.